The Morgan fingerprint density at radius 1 is 0.912 bits per heavy atom. The van der Waals surface area contributed by atoms with Crippen LogP contribution in [-0.4, -0.2) is 34.4 Å². The van der Waals surface area contributed by atoms with Gasteiger partial charge in [-0.1, -0.05) is 18.2 Å². The summed E-state index contributed by atoms with van der Waals surface area (Å²) in [5.41, 5.74) is 8.04. The van der Waals surface area contributed by atoms with E-state index in [1.165, 1.54) is 37.6 Å². The minimum absolute atomic E-state index is 0.307. The molecule has 0 amide bonds. The summed E-state index contributed by atoms with van der Waals surface area (Å²) in [6.45, 7) is 2.01. The van der Waals surface area contributed by atoms with Crippen molar-refractivity contribution in [1.82, 2.24) is 19.7 Å². The van der Waals surface area contributed by atoms with Crippen LogP contribution in [0.4, 0.5) is 0 Å². The number of fused-ring (bicyclic) bond motifs is 2. The van der Waals surface area contributed by atoms with Crippen LogP contribution in [0.25, 0.3) is 33.8 Å². The van der Waals surface area contributed by atoms with Crippen molar-refractivity contribution in [3.05, 3.63) is 72.2 Å². The van der Waals surface area contributed by atoms with Crippen LogP contribution < -0.4 is 0 Å². The zero-order valence-electron chi connectivity index (χ0n) is 19.3. The number of nitrogens with zero attached hydrogens (tertiary/aromatic N) is 4. The summed E-state index contributed by atoms with van der Waals surface area (Å²) in [5.74, 6) is 0.511. The highest BCUT2D eigenvalue weighted by atomic mass is 32.2. The maximum absolute atomic E-state index is 11.9. The third-order valence-electron chi connectivity index (χ3n) is 7.13. The first-order chi connectivity index (χ1) is 16.4. The van der Waals surface area contributed by atoms with Crippen LogP contribution in [0.1, 0.15) is 49.0 Å². The first-order valence-corrected chi connectivity index (χ1v) is 13.6. The predicted octanol–water partition coefficient (Wildman–Crippen LogP) is 5.60. The molecule has 0 saturated heterocycles. The van der Waals surface area contributed by atoms with E-state index < -0.39 is 9.84 Å². The Morgan fingerprint density at radius 3 is 2.38 bits per heavy atom. The van der Waals surface area contributed by atoms with Crippen LogP contribution in [0.3, 0.4) is 0 Å². The first-order valence-electron chi connectivity index (χ1n) is 11.7. The van der Waals surface area contributed by atoms with Crippen LogP contribution in [0.15, 0.2) is 65.7 Å². The number of aromatic nitrogens is 4. The van der Waals surface area contributed by atoms with E-state index in [1.54, 1.807) is 12.1 Å². The van der Waals surface area contributed by atoms with Crippen molar-refractivity contribution in [2.75, 3.05) is 6.26 Å². The van der Waals surface area contributed by atoms with Crippen molar-refractivity contribution in [2.24, 2.45) is 0 Å². The molecule has 0 N–H and O–H groups in total. The second-order valence-corrected chi connectivity index (χ2v) is 11.5. The number of rotatable bonds is 4. The lowest BCUT2D eigenvalue weighted by atomic mass is 9.77. The van der Waals surface area contributed by atoms with Gasteiger partial charge in [0.25, 0.3) is 0 Å². The van der Waals surface area contributed by atoms with Gasteiger partial charge in [0.05, 0.1) is 28.0 Å². The molecule has 3 aliphatic rings. The molecule has 5 heterocycles. The van der Waals surface area contributed by atoms with Gasteiger partial charge in [-0.2, -0.15) is 5.10 Å². The highest BCUT2D eigenvalue weighted by Gasteiger charge is 2.38. The van der Waals surface area contributed by atoms with Gasteiger partial charge in [0, 0.05) is 35.2 Å². The van der Waals surface area contributed by atoms with Crippen LogP contribution in [0.2, 0.25) is 0 Å². The quantitative estimate of drug-likeness (QED) is 0.388. The Labute approximate surface area is 199 Å². The molecule has 0 radical (unpaired) electrons. The van der Waals surface area contributed by atoms with Crippen LogP contribution in [-0.2, 0) is 9.84 Å². The summed E-state index contributed by atoms with van der Waals surface area (Å²) in [5, 5.41) is 5.13. The highest BCUT2D eigenvalue weighted by Crippen LogP contribution is 2.50. The van der Waals surface area contributed by atoms with Crippen LogP contribution >= 0.6 is 0 Å². The molecule has 7 rings (SSSR count). The molecule has 0 atom stereocenters. The summed E-state index contributed by atoms with van der Waals surface area (Å²) in [7, 11) is -3.24. The monoisotopic (exact) mass is 470 g/mol. The first kappa shape index (κ1) is 21.2. The summed E-state index contributed by atoms with van der Waals surface area (Å²) >= 11 is 0. The number of hydrogen-bond acceptors (Lipinski definition) is 5. The Bertz CT molecular complexity index is 1500. The van der Waals surface area contributed by atoms with Crippen LogP contribution in [0.5, 0.6) is 0 Å². The molecule has 6 nitrogen and oxygen atoms in total. The third-order valence-corrected chi connectivity index (χ3v) is 8.26. The van der Waals surface area contributed by atoms with Gasteiger partial charge >= 0.3 is 0 Å². The molecule has 1 fully saturated rings. The van der Waals surface area contributed by atoms with E-state index in [1.807, 2.05) is 49.5 Å². The molecule has 1 aromatic carbocycles. The van der Waals surface area contributed by atoms with Gasteiger partial charge in [0.1, 0.15) is 5.69 Å². The molecular formula is C27H26N4O2S. The van der Waals surface area contributed by atoms with E-state index in [0.717, 1.165) is 39.5 Å². The van der Waals surface area contributed by atoms with Crippen molar-refractivity contribution in [1.29, 1.82) is 0 Å². The molecule has 1 saturated carbocycles. The summed E-state index contributed by atoms with van der Waals surface area (Å²) in [4.78, 5) is 9.71. The SMILES string of the molecule is Cc1cccc(-c2nn3c(c2-c2ccnc(-c4ccc(S(C)(=O)=O)cc4)c2)C2CCC3CC2)n1. The molecule has 34 heavy (non-hydrogen) atoms. The van der Waals surface area contributed by atoms with Gasteiger partial charge in [-0.15, -0.1) is 0 Å². The number of sulfone groups is 1. The second-order valence-electron chi connectivity index (χ2n) is 9.45. The average molecular weight is 471 g/mol. The molecule has 172 valence electrons. The Morgan fingerprint density at radius 2 is 1.68 bits per heavy atom. The Hall–Kier alpha value is -3.32. The standard InChI is InChI=1S/C27H26N4O2S/c1-17-4-3-5-23(29-17)26-25(27-19-6-10-21(11-7-19)31(27)30-26)20-14-15-28-24(16-20)18-8-12-22(13-9-18)34(2,32)33/h3-5,8-9,12-16,19,21H,6-7,10-11H2,1-2H3. The summed E-state index contributed by atoms with van der Waals surface area (Å²) in [6, 6.07) is 17.6. The van der Waals surface area contributed by atoms with E-state index in [-0.39, 0.29) is 0 Å². The minimum atomic E-state index is -3.24. The van der Waals surface area contributed by atoms with E-state index in [9.17, 15) is 8.42 Å². The van der Waals surface area contributed by atoms with Gasteiger partial charge in [0.2, 0.25) is 0 Å². The maximum Gasteiger partial charge on any atom is 0.175 e. The molecular weight excluding hydrogens is 444 g/mol. The molecule has 0 spiro atoms. The highest BCUT2D eigenvalue weighted by molar-refractivity contribution is 7.90. The van der Waals surface area contributed by atoms with Crippen molar-refractivity contribution < 1.29 is 8.42 Å². The molecule has 0 unspecified atom stereocenters. The van der Waals surface area contributed by atoms with E-state index in [4.69, 9.17) is 10.1 Å². The molecule has 7 heteroatoms. The molecule has 4 aromatic rings. The number of benzene rings is 1. The number of aryl methyl sites for hydroxylation is 1. The topological polar surface area (TPSA) is 77.7 Å². The largest absolute Gasteiger partial charge is 0.265 e. The zero-order valence-corrected chi connectivity index (χ0v) is 20.1. The fraction of sp³-hybridized carbons (Fsp3) is 0.296. The Kier molecular flexibility index (Phi) is 4.92. The van der Waals surface area contributed by atoms with Crippen LogP contribution in [0, 0.1) is 6.92 Å². The van der Waals surface area contributed by atoms with E-state index in [2.05, 4.69) is 15.7 Å². The lowest BCUT2D eigenvalue weighted by Crippen LogP contribution is -2.28. The van der Waals surface area contributed by atoms with Crippen molar-refractivity contribution in [2.45, 2.75) is 49.5 Å². The van der Waals surface area contributed by atoms with E-state index in [0.29, 0.717) is 16.9 Å². The van der Waals surface area contributed by atoms with Crippen molar-refractivity contribution >= 4 is 9.84 Å². The normalized spacial score (nSPS) is 19.2. The smallest absolute Gasteiger partial charge is 0.175 e. The van der Waals surface area contributed by atoms with Gasteiger partial charge < -0.3 is 0 Å². The van der Waals surface area contributed by atoms with Gasteiger partial charge in [-0.25, -0.2) is 8.42 Å². The molecule has 1 aliphatic carbocycles. The number of pyridine rings is 2. The predicted molar refractivity (Wildman–Crippen MR) is 132 cm³/mol. The van der Waals surface area contributed by atoms with E-state index >= 15 is 0 Å². The van der Waals surface area contributed by atoms with Gasteiger partial charge in [0.15, 0.2) is 9.84 Å². The minimum Gasteiger partial charge on any atom is -0.265 e. The third kappa shape index (κ3) is 3.55. The van der Waals surface area contributed by atoms with Crippen molar-refractivity contribution in [3.63, 3.8) is 0 Å². The lowest BCUT2D eigenvalue weighted by molar-refractivity contribution is 0.240. The second kappa shape index (κ2) is 7.87. The Balaban J connectivity index is 1.51. The molecule has 3 aromatic heterocycles. The van der Waals surface area contributed by atoms with Gasteiger partial charge in [-0.3, -0.25) is 14.6 Å². The van der Waals surface area contributed by atoms with Gasteiger partial charge in [-0.05, 0) is 74.6 Å². The number of hydrogen-bond donors (Lipinski definition) is 0. The zero-order chi connectivity index (χ0) is 23.4. The summed E-state index contributed by atoms with van der Waals surface area (Å²) in [6.07, 6.45) is 7.83. The fourth-order valence-corrected chi connectivity index (χ4v) is 6.10. The lowest BCUT2D eigenvalue weighted by Gasteiger charge is -2.37. The maximum atomic E-state index is 11.9. The molecule has 2 aliphatic heterocycles. The summed E-state index contributed by atoms with van der Waals surface area (Å²) < 4.78 is 26.0. The molecule has 2 bridgehead atoms. The fourth-order valence-electron chi connectivity index (χ4n) is 5.47. The van der Waals surface area contributed by atoms with Crippen molar-refractivity contribution in [3.8, 4) is 33.8 Å². The average Bonchev–Trinajstić information content (AvgIpc) is 3.28.